The minimum Gasteiger partial charge on any atom is -0.437 e. The Labute approximate surface area is 188 Å². The standard InChI is InChI=1S/C20H31BF3N3O4S/c1-14(2)12-18(26(4)21(3)29)19(28)27-10-8-16(9-11-27)25-32(30,31)17-7-5-6-15(13-17)20(22,23)24/h5-7,13-14,16,18,25,29H,8-12H2,1-4H3/t18-/m0/s1. The van der Waals surface area contributed by atoms with E-state index in [1.807, 2.05) is 13.8 Å². The fourth-order valence-corrected chi connectivity index (χ4v) is 5.05. The lowest BCUT2D eigenvalue weighted by Gasteiger charge is -2.37. The number of carbonyl (C=O) groups is 1. The Morgan fingerprint density at radius 3 is 2.41 bits per heavy atom. The summed E-state index contributed by atoms with van der Waals surface area (Å²) in [6, 6.07) is 2.64. The Hall–Kier alpha value is -1.63. The Kier molecular flexibility index (Phi) is 8.77. The van der Waals surface area contributed by atoms with E-state index in [1.54, 1.807) is 23.6 Å². The van der Waals surface area contributed by atoms with Crippen molar-refractivity contribution in [3.05, 3.63) is 29.8 Å². The summed E-state index contributed by atoms with van der Waals surface area (Å²) in [5.74, 6) is 0.114. The van der Waals surface area contributed by atoms with Crippen LogP contribution in [0.25, 0.3) is 0 Å². The number of amides is 1. The fourth-order valence-electron chi connectivity index (χ4n) is 3.70. The molecule has 0 aromatic heterocycles. The molecule has 0 saturated carbocycles. The second kappa shape index (κ2) is 10.5. The summed E-state index contributed by atoms with van der Waals surface area (Å²) < 4.78 is 66.4. The molecule has 1 aromatic carbocycles. The zero-order valence-corrected chi connectivity index (χ0v) is 19.6. The van der Waals surface area contributed by atoms with Crippen molar-refractivity contribution in [2.24, 2.45) is 5.92 Å². The van der Waals surface area contributed by atoms with E-state index in [4.69, 9.17) is 0 Å². The van der Waals surface area contributed by atoms with Gasteiger partial charge in [0.25, 0.3) is 0 Å². The monoisotopic (exact) mass is 477 g/mol. The summed E-state index contributed by atoms with van der Waals surface area (Å²) in [6.45, 7) is 6.21. The number of hydrogen-bond acceptors (Lipinski definition) is 5. The highest BCUT2D eigenvalue weighted by Gasteiger charge is 2.35. The Balaban J connectivity index is 2.03. The van der Waals surface area contributed by atoms with Crippen LogP contribution >= 0.6 is 0 Å². The molecule has 0 bridgehead atoms. The van der Waals surface area contributed by atoms with Gasteiger partial charge in [0.05, 0.1) is 16.5 Å². The van der Waals surface area contributed by atoms with Crippen molar-refractivity contribution in [1.82, 2.24) is 14.4 Å². The first-order valence-corrected chi connectivity index (χ1v) is 12.1. The number of hydrogen-bond donors (Lipinski definition) is 2. The van der Waals surface area contributed by atoms with Crippen LogP contribution in [0.15, 0.2) is 29.2 Å². The van der Waals surface area contributed by atoms with Gasteiger partial charge >= 0.3 is 13.2 Å². The fraction of sp³-hybridized carbons (Fsp3) is 0.650. The molecular formula is C20H31BF3N3O4S. The number of carbonyl (C=O) groups excluding carboxylic acids is 1. The van der Waals surface area contributed by atoms with E-state index in [2.05, 4.69) is 4.72 Å². The largest absolute Gasteiger partial charge is 0.437 e. The number of halogens is 3. The maximum absolute atomic E-state index is 13.1. The molecule has 1 aromatic rings. The van der Waals surface area contributed by atoms with Crippen LogP contribution in [-0.4, -0.2) is 68.3 Å². The second-order valence-electron chi connectivity index (χ2n) is 8.69. The first kappa shape index (κ1) is 26.6. The number of alkyl halides is 3. The SMILES string of the molecule is CB(O)N(C)[C@@H](CC(C)C)C(=O)N1CCC(NS(=O)(=O)c2cccc(C(F)(F)F)c2)CC1. The molecule has 32 heavy (non-hydrogen) atoms. The van der Waals surface area contributed by atoms with Gasteiger partial charge in [-0.05, 0) is 57.3 Å². The number of likely N-dealkylation sites (N-methyl/N-ethyl adjacent to an activating group) is 1. The molecular weight excluding hydrogens is 446 g/mol. The molecule has 0 unspecified atom stereocenters. The van der Waals surface area contributed by atoms with E-state index in [9.17, 15) is 31.4 Å². The van der Waals surface area contributed by atoms with Crippen molar-refractivity contribution in [1.29, 1.82) is 0 Å². The molecule has 180 valence electrons. The van der Waals surface area contributed by atoms with E-state index < -0.39 is 45.8 Å². The number of likely N-dealkylation sites (tertiary alicyclic amines) is 1. The molecule has 1 fully saturated rings. The van der Waals surface area contributed by atoms with Crippen molar-refractivity contribution in [3.8, 4) is 0 Å². The average Bonchev–Trinajstić information content (AvgIpc) is 2.70. The molecule has 0 spiro atoms. The first-order chi connectivity index (χ1) is 14.7. The van der Waals surface area contributed by atoms with Gasteiger partial charge in [-0.15, -0.1) is 0 Å². The Morgan fingerprint density at radius 1 is 1.31 bits per heavy atom. The quantitative estimate of drug-likeness (QED) is 0.562. The van der Waals surface area contributed by atoms with Gasteiger partial charge in [-0.1, -0.05) is 19.9 Å². The van der Waals surface area contributed by atoms with Crippen LogP contribution in [0.5, 0.6) is 0 Å². The predicted octanol–water partition coefficient (Wildman–Crippen LogP) is 2.43. The van der Waals surface area contributed by atoms with Crippen LogP contribution in [0.2, 0.25) is 6.82 Å². The highest BCUT2D eigenvalue weighted by Crippen LogP contribution is 2.30. The molecule has 1 amide bonds. The van der Waals surface area contributed by atoms with Crippen LogP contribution in [0, 0.1) is 5.92 Å². The summed E-state index contributed by atoms with van der Waals surface area (Å²) in [7, 11) is -3.24. The van der Waals surface area contributed by atoms with E-state index >= 15 is 0 Å². The average molecular weight is 477 g/mol. The number of rotatable bonds is 8. The molecule has 12 heteroatoms. The van der Waals surface area contributed by atoms with Gasteiger partial charge in [0, 0.05) is 19.1 Å². The third-order valence-corrected chi connectivity index (χ3v) is 7.18. The van der Waals surface area contributed by atoms with Crippen molar-refractivity contribution in [3.63, 3.8) is 0 Å². The number of sulfonamides is 1. The van der Waals surface area contributed by atoms with E-state index in [0.717, 1.165) is 18.2 Å². The summed E-state index contributed by atoms with van der Waals surface area (Å²) in [5, 5.41) is 9.91. The number of nitrogens with one attached hydrogen (secondary N) is 1. The van der Waals surface area contributed by atoms with Crippen molar-refractivity contribution >= 4 is 23.0 Å². The lowest BCUT2D eigenvalue weighted by molar-refractivity contribution is -0.138. The third-order valence-electron chi connectivity index (χ3n) is 5.66. The molecule has 0 radical (unpaired) electrons. The molecule has 1 atom stereocenters. The van der Waals surface area contributed by atoms with Crippen molar-refractivity contribution in [2.75, 3.05) is 20.1 Å². The van der Waals surface area contributed by atoms with Crippen LogP contribution < -0.4 is 4.72 Å². The number of piperidine rings is 1. The minimum absolute atomic E-state index is 0.124. The van der Waals surface area contributed by atoms with Crippen molar-refractivity contribution in [2.45, 2.75) is 63.1 Å². The van der Waals surface area contributed by atoms with Gasteiger partial charge < -0.3 is 14.7 Å². The number of benzene rings is 1. The van der Waals surface area contributed by atoms with Crippen molar-refractivity contribution < 1.29 is 31.4 Å². The van der Waals surface area contributed by atoms with E-state index in [0.29, 0.717) is 38.4 Å². The van der Waals surface area contributed by atoms with E-state index in [-0.39, 0.29) is 11.8 Å². The van der Waals surface area contributed by atoms with Crippen LogP contribution in [0.4, 0.5) is 13.2 Å². The van der Waals surface area contributed by atoms with Crippen LogP contribution in [0.3, 0.4) is 0 Å². The van der Waals surface area contributed by atoms with Crippen LogP contribution in [-0.2, 0) is 21.0 Å². The minimum atomic E-state index is -4.64. The first-order valence-electron chi connectivity index (χ1n) is 10.6. The van der Waals surface area contributed by atoms with Gasteiger partial charge in [-0.3, -0.25) is 4.79 Å². The highest BCUT2D eigenvalue weighted by atomic mass is 32.2. The molecule has 1 saturated heterocycles. The third kappa shape index (κ3) is 6.93. The van der Waals surface area contributed by atoms with E-state index in [1.165, 1.54) is 0 Å². The molecule has 2 N–H and O–H groups in total. The van der Waals surface area contributed by atoms with Gasteiger partial charge in [0.2, 0.25) is 15.9 Å². The van der Waals surface area contributed by atoms with Gasteiger partial charge in [0.15, 0.2) is 0 Å². The summed E-state index contributed by atoms with van der Waals surface area (Å²) in [6.07, 6.45) is -3.38. The highest BCUT2D eigenvalue weighted by molar-refractivity contribution is 7.89. The normalized spacial score (nSPS) is 17.1. The lowest BCUT2D eigenvalue weighted by atomic mass is 9.82. The number of nitrogens with zero attached hydrogens (tertiary/aromatic N) is 2. The Morgan fingerprint density at radius 2 is 1.91 bits per heavy atom. The summed E-state index contributed by atoms with van der Waals surface area (Å²) in [5.41, 5.74) is -1.03. The molecule has 1 heterocycles. The topological polar surface area (TPSA) is 89.9 Å². The zero-order chi connectivity index (χ0) is 24.3. The molecule has 1 aliphatic heterocycles. The molecule has 1 aliphatic rings. The molecule has 7 nitrogen and oxygen atoms in total. The van der Waals surface area contributed by atoms with Gasteiger partial charge in [0.1, 0.15) is 0 Å². The second-order valence-corrected chi connectivity index (χ2v) is 10.4. The van der Waals surface area contributed by atoms with Gasteiger partial charge in [-0.25, -0.2) is 13.1 Å². The van der Waals surface area contributed by atoms with Crippen LogP contribution in [0.1, 0.15) is 38.7 Å². The van der Waals surface area contributed by atoms with Gasteiger partial charge in [-0.2, -0.15) is 13.2 Å². The summed E-state index contributed by atoms with van der Waals surface area (Å²) in [4.78, 5) is 15.9. The molecule has 0 aliphatic carbocycles. The lowest BCUT2D eigenvalue weighted by Crippen LogP contribution is -2.55. The maximum atomic E-state index is 13.1. The Bertz CT molecular complexity index is 888. The summed E-state index contributed by atoms with van der Waals surface area (Å²) >= 11 is 0. The zero-order valence-electron chi connectivity index (χ0n) is 18.8. The molecule has 2 rings (SSSR count). The maximum Gasteiger partial charge on any atom is 0.416 e. The smallest absolute Gasteiger partial charge is 0.416 e. The predicted molar refractivity (Wildman–Crippen MR) is 116 cm³/mol.